The van der Waals surface area contributed by atoms with Crippen molar-refractivity contribution in [3.8, 4) is 0 Å². The van der Waals surface area contributed by atoms with Crippen molar-refractivity contribution in [2.45, 2.75) is 38.0 Å². The van der Waals surface area contributed by atoms with E-state index in [1.165, 1.54) is 0 Å². The molecule has 2 N–H and O–H groups in total. The Hall–Kier alpha value is -1.70. The van der Waals surface area contributed by atoms with Crippen molar-refractivity contribution >= 4 is 11.6 Å². The van der Waals surface area contributed by atoms with Crippen LogP contribution < -0.4 is 5.73 Å². The zero-order valence-electron chi connectivity index (χ0n) is 13.1. The second-order valence-corrected chi connectivity index (χ2v) is 6.54. The maximum Gasteiger partial charge on any atom is 0.279 e. The summed E-state index contributed by atoms with van der Waals surface area (Å²) >= 11 is 5.83. The van der Waals surface area contributed by atoms with Crippen LogP contribution in [-0.4, -0.2) is 45.6 Å². The van der Waals surface area contributed by atoms with E-state index in [1.807, 2.05) is 29.8 Å². The summed E-state index contributed by atoms with van der Waals surface area (Å²) in [6.07, 6.45) is 3.42. The van der Waals surface area contributed by atoms with Gasteiger partial charge in [0, 0.05) is 25.2 Å². The van der Waals surface area contributed by atoms with Crippen molar-refractivity contribution in [3.05, 3.63) is 50.6 Å². The number of pyridine rings is 1. The van der Waals surface area contributed by atoms with Gasteiger partial charge in [-0.15, -0.1) is 0 Å². The van der Waals surface area contributed by atoms with Gasteiger partial charge in [-0.3, -0.25) is 20.7 Å². The summed E-state index contributed by atoms with van der Waals surface area (Å²) in [4.78, 5) is 19.2. The maximum atomic E-state index is 11.6. The fraction of sp³-hybridized carbons (Fsp3) is 0.533. The van der Waals surface area contributed by atoms with E-state index in [9.17, 15) is 10.1 Å². The highest BCUT2D eigenvalue weighted by Gasteiger charge is 2.43. The lowest BCUT2D eigenvalue weighted by Gasteiger charge is -2.42. The molecule has 3 rings (SSSR count). The molecule has 2 heterocycles. The van der Waals surface area contributed by atoms with Crippen LogP contribution in [0.1, 0.15) is 31.2 Å². The van der Waals surface area contributed by atoms with Crippen LogP contribution in [0, 0.1) is 10.1 Å². The van der Waals surface area contributed by atoms with E-state index in [4.69, 9.17) is 17.3 Å². The van der Waals surface area contributed by atoms with Gasteiger partial charge in [0.1, 0.15) is 11.4 Å². The normalized spacial score (nSPS) is 24.0. The molecule has 23 heavy (non-hydrogen) atoms. The Morgan fingerprint density at radius 1 is 1.48 bits per heavy atom. The summed E-state index contributed by atoms with van der Waals surface area (Å²) in [6.45, 7) is 2.21. The maximum absolute atomic E-state index is 11.6. The molecule has 0 saturated heterocycles. The lowest BCUT2D eigenvalue weighted by molar-refractivity contribution is -0.433. The van der Waals surface area contributed by atoms with Crippen LogP contribution in [0.5, 0.6) is 0 Å². The quantitative estimate of drug-likeness (QED) is 0.513. The van der Waals surface area contributed by atoms with E-state index >= 15 is 0 Å². The number of nitrogens with two attached hydrogens (primary N) is 1. The Bertz CT molecular complexity index is 644. The lowest BCUT2D eigenvalue weighted by atomic mass is 9.95. The zero-order chi connectivity index (χ0) is 16.7. The monoisotopic (exact) mass is 337 g/mol. The van der Waals surface area contributed by atoms with Gasteiger partial charge < -0.3 is 4.90 Å². The largest absolute Gasteiger partial charge is 0.344 e. The molecular weight excluding hydrogens is 318 g/mol. The highest BCUT2D eigenvalue weighted by Crippen LogP contribution is 2.37. The standard InChI is InChI=1S/C15H20ClN5O2/c1-9(10-3-6-13(16)18-7-10)14-12(21(22)23)8-20(11-4-5-11)15(17)19(14)2/h3,6-7,9,11,15H,4-5,8,17H2,1-2H3. The van der Waals surface area contributed by atoms with Crippen molar-refractivity contribution < 1.29 is 4.92 Å². The van der Waals surface area contributed by atoms with E-state index in [0.29, 0.717) is 16.9 Å². The van der Waals surface area contributed by atoms with Gasteiger partial charge in [0.2, 0.25) is 0 Å². The van der Waals surface area contributed by atoms with Crippen molar-refractivity contribution in [3.63, 3.8) is 0 Å². The molecule has 0 radical (unpaired) electrons. The third-order valence-electron chi connectivity index (χ3n) is 4.64. The Labute approximate surface area is 139 Å². The molecule has 1 aromatic heterocycles. The number of aromatic nitrogens is 1. The van der Waals surface area contributed by atoms with E-state index in [-0.39, 0.29) is 29.4 Å². The minimum atomic E-state index is -0.344. The summed E-state index contributed by atoms with van der Waals surface area (Å²) in [6, 6.07) is 3.90. The highest BCUT2D eigenvalue weighted by molar-refractivity contribution is 6.29. The Morgan fingerprint density at radius 3 is 2.70 bits per heavy atom. The molecule has 1 fully saturated rings. The van der Waals surface area contributed by atoms with Gasteiger partial charge in [-0.25, -0.2) is 4.98 Å². The van der Waals surface area contributed by atoms with Gasteiger partial charge >= 0.3 is 0 Å². The number of allylic oxidation sites excluding steroid dienone is 1. The fourth-order valence-corrected chi connectivity index (χ4v) is 3.29. The van der Waals surface area contributed by atoms with Crippen LogP contribution in [0.2, 0.25) is 5.15 Å². The predicted octanol–water partition coefficient (Wildman–Crippen LogP) is 1.98. The first-order valence-corrected chi connectivity index (χ1v) is 8.01. The van der Waals surface area contributed by atoms with Gasteiger partial charge in [0.25, 0.3) is 5.70 Å². The molecule has 0 amide bonds. The number of likely N-dealkylation sites (N-methyl/N-ethyl adjacent to an activating group) is 1. The number of hydrogen-bond donors (Lipinski definition) is 1. The van der Waals surface area contributed by atoms with Crippen LogP contribution in [-0.2, 0) is 0 Å². The first-order valence-electron chi connectivity index (χ1n) is 7.63. The second kappa shape index (κ2) is 6.07. The lowest BCUT2D eigenvalue weighted by Crippen LogP contribution is -2.58. The second-order valence-electron chi connectivity index (χ2n) is 6.15. The van der Waals surface area contributed by atoms with E-state index in [1.54, 1.807) is 12.3 Å². The molecule has 0 bridgehead atoms. The van der Waals surface area contributed by atoms with Gasteiger partial charge in [-0.1, -0.05) is 24.6 Å². The smallest absolute Gasteiger partial charge is 0.279 e. The minimum absolute atomic E-state index is 0.183. The highest BCUT2D eigenvalue weighted by atomic mass is 35.5. The average molecular weight is 338 g/mol. The van der Waals surface area contributed by atoms with Crippen molar-refractivity contribution in [2.75, 3.05) is 13.6 Å². The van der Waals surface area contributed by atoms with E-state index in [2.05, 4.69) is 4.98 Å². The van der Waals surface area contributed by atoms with E-state index < -0.39 is 0 Å². The average Bonchev–Trinajstić information content (AvgIpc) is 3.34. The van der Waals surface area contributed by atoms with Gasteiger partial charge in [-0.05, 0) is 24.5 Å². The first-order chi connectivity index (χ1) is 10.9. The predicted molar refractivity (Wildman–Crippen MR) is 87.1 cm³/mol. The molecule has 7 nitrogen and oxygen atoms in total. The fourth-order valence-electron chi connectivity index (χ4n) is 3.18. The molecule has 1 aliphatic carbocycles. The summed E-state index contributed by atoms with van der Waals surface area (Å²) < 4.78 is 0. The molecule has 8 heteroatoms. The van der Waals surface area contributed by atoms with Crippen LogP contribution >= 0.6 is 11.6 Å². The van der Waals surface area contributed by atoms with Gasteiger partial charge in [0.15, 0.2) is 0 Å². The summed E-state index contributed by atoms with van der Waals surface area (Å²) in [5.41, 5.74) is 8.05. The molecule has 1 saturated carbocycles. The molecule has 124 valence electrons. The number of hydrogen-bond acceptors (Lipinski definition) is 6. The Balaban J connectivity index is 1.99. The van der Waals surface area contributed by atoms with Crippen LogP contribution in [0.15, 0.2) is 29.7 Å². The topological polar surface area (TPSA) is 88.5 Å². The van der Waals surface area contributed by atoms with Crippen LogP contribution in [0.25, 0.3) is 0 Å². The molecule has 2 atom stereocenters. The van der Waals surface area contributed by atoms with Gasteiger partial charge in [0.05, 0.1) is 17.2 Å². The number of nitrogens with zero attached hydrogens (tertiary/aromatic N) is 4. The van der Waals surface area contributed by atoms with Crippen molar-refractivity contribution in [1.82, 2.24) is 14.8 Å². The SMILES string of the molecule is CC(C1=C([N+](=O)[O-])CN(C2CC2)C(N)N1C)c1ccc(Cl)nc1. The van der Waals surface area contributed by atoms with Crippen molar-refractivity contribution in [2.24, 2.45) is 5.73 Å². The van der Waals surface area contributed by atoms with Crippen LogP contribution in [0.3, 0.4) is 0 Å². The number of halogens is 1. The van der Waals surface area contributed by atoms with E-state index in [0.717, 1.165) is 18.4 Å². The number of rotatable bonds is 4. The van der Waals surface area contributed by atoms with Crippen molar-refractivity contribution in [1.29, 1.82) is 0 Å². The van der Waals surface area contributed by atoms with Crippen LogP contribution in [0.4, 0.5) is 0 Å². The summed E-state index contributed by atoms with van der Waals surface area (Å²) in [7, 11) is 1.82. The van der Waals surface area contributed by atoms with Gasteiger partial charge in [-0.2, -0.15) is 0 Å². The molecular formula is C15H20ClN5O2. The third kappa shape index (κ3) is 3.04. The Morgan fingerprint density at radius 2 is 2.17 bits per heavy atom. The third-order valence-corrected chi connectivity index (χ3v) is 4.86. The molecule has 0 aromatic carbocycles. The molecule has 2 unspecified atom stereocenters. The Kier molecular flexibility index (Phi) is 4.27. The molecule has 2 aliphatic rings. The molecule has 1 aromatic rings. The summed E-state index contributed by atoms with van der Waals surface area (Å²) in [5.74, 6) is -0.183. The molecule has 0 spiro atoms. The summed E-state index contributed by atoms with van der Waals surface area (Å²) in [5, 5.41) is 12.0. The first kappa shape index (κ1) is 16.2. The minimum Gasteiger partial charge on any atom is -0.344 e. The zero-order valence-corrected chi connectivity index (χ0v) is 13.9. The molecule has 1 aliphatic heterocycles. The number of nitro groups is 1.